The summed E-state index contributed by atoms with van der Waals surface area (Å²) in [7, 11) is -2.63. The first kappa shape index (κ1) is 37.0. The van der Waals surface area contributed by atoms with Crippen molar-refractivity contribution in [1.29, 1.82) is 0 Å². The second-order valence-corrected chi connectivity index (χ2v) is 27.6. The number of hydrogen-bond acceptors (Lipinski definition) is 7. The lowest BCUT2D eigenvalue weighted by Gasteiger charge is -2.37. The molecule has 2 aliphatic heterocycles. The third-order valence-electron chi connectivity index (χ3n) is 9.95. The summed E-state index contributed by atoms with van der Waals surface area (Å²) < 4.78 is 43.5. The van der Waals surface area contributed by atoms with Gasteiger partial charge in [0.15, 0.2) is 5.65 Å². The highest BCUT2D eigenvalue weighted by molar-refractivity contribution is 6.76. The van der Waals surface area contributed by atoms with Gasteiger partial charge in [0.25, 0.3) is 0 Å². The number of rotatable bonds is 14. The summed E-state index contributed by atoms with van der Waals surface area (Å²) in [6.07, 6.45) is 5.56. The van der Waals surface area contributed by atoms with Gasteiger partial charge in [-0.2, -0.15) is 9.61 Å². The van der Waals surface area contributed by atoms with Crippen LogP contribution < -0.4 is 4.90 Å². The number of carbonyl (C=O) groups is 1. The number of aromatic nitrogens is 4. The van der Waals surface area contributed by atoms with Crippen LogP contribution in [0.4, 0.5) is 19.4 Å². The van der Waals surface area contributed by atoms with Crippen LogP contribution >= 0.6 is 0 Å². The number of ether oxygens (including phenoxy) is 2. The first-order valence-corrected chi connectivity index (χ1v) is 25.3. The third-order valence-corrected chi connectivity index (χ3v) is 13.4. The number of nitrogens with zero attached hydrogens (tertiary/aromatic N) is 6. The Bertz CT molecular complexity index is 1790. The smallest absolute Gasteiger partial charge is 0.407 e. The number of pyridine rings is 1. The lowest BCUT2D eigenvalue weighted by molar-refractivity contribution is 0.0934. The fourth-order valence-electron chi connectivity index (χ4n) is 7.05. The molecule has 2 fully saturated rings. The zero-order valence-corrected chi connectivity index (χ0v) is 32.5. The summed E-state index contributed by atoms with van der Waals surface area (Å²) in [6, 6.07) is 11.2. The number of hydrogen-bond donors (Lipinski definition) is 1. The number of piperidine rings is 1. The highest BCUT2D eigenvalue weighted by Crippen LogP contribution is 2.43. The predicted molar refractivity (Wildman–Crippen MR) is 201 cm³/mol. The van der Waals surface area contributed by atoms with Gasteiger partial charge in [0.2, 0.25) is 0 Å². The normalized spacial score (nSPS) is 19.2. The molecule has 4 aromatic rings. The minimum Gasteiger partial charge on any atom is -0.465 e. The highest BCUT2D eigenvalue weighted by Gasteiger charge is 2.44. The lowest BCUT2D eigenvalue weighted by atomic mass is 9.88. The van der Waals surface area contributed by atoms with Crippen molar-refractivity contribution in [1.82, 2.24) is 24.5 Å². The molecule has 1 amide bonds. The van der Waals surface area contributed by atoms with Gasteiger partial charge in [-0.25, -0.2) is 18.6 Å². The molecule has 1 N–H and O–H groups in total. The van der Waals surface area contributed by atoms with E-state index >= 15 is 0 Å². The number of fused-ring (bicyclic) bond motifs is 3. The molecule has 2 bridgehead atoms. The van der Waals surface area contributed by atoms with Crippen molar-refractivity contribution in [3.8, 4) is 22.4 Å². The maximum atomic E-state index is 14.6. The fraction of sp³-hybridized carbons (Fsp3) is 0.514. The molecule has 0 aliphatic carbocycles. The van der Waals surface area contributed by atoms with E-state index in [1.807, 2.05) is 0 Å². The number of benzene rings is 1. The molecule has 0 saturated carbocycles. The molecule has 14 heteroatoms. The summed E-state index contributed by atoms with van der Waals surface area (Å²) in [6.45, 7) is 15.9. The van der Waals surface area contributed by atoms with Crippen LogP contribution in [-0.4, -0.2) is 90.6 Å². The number of anilines is 1. The van der Waals surface area contributed by atoms with Crippen molar-refractivity contribution < 1.29 is 28.2 Å². The van der Waals surface area contributed by atoms with E-state index in [1.54, 1.807) is 33.9 Å². The molecule has 51 heavy (non-hydrogen) atoms. The molecule has 3 aromatic heterocycles. The van der Waals surface area contributed by atoms with Gasteiger partial charge >= 0.3 is 6.09 Å². The minimum absolute atomic E-state index is 0.0430. The van der Waals surface area contributed by atoms with Crippen LogP contribution in [-0.2, 0) is 9.47 Å². The van der Waals surface area contributed by atoms with E-state index in [-0.39, 0.29) is 29.3 Å². The van der Waals surface area contributed by atoms with E-state index in [9.17, 15) is 18.7 Å². The summed E-state index contributed by atoms with van der Waals surface area (Å²) in [5, 5.41) is 14.7. The molecule has 2 saturated heterocycles. The molecule has 0 spiro atoms. The molecular weight excluding hydrogens is 687 g/mol. The van der Waals surface area contributed by atoms with Crippen molar-refractivity contribution in [3.05, 3.63) is 66.1 Å². The standard InChI is InChI=1S/C37H50F2N6O4Si2/c1-50(2,3)16-14-48-23-43(24-49-15-17-51(4,5)6)34-20-33(26-18-27-11-12-28(19-26)44(27)37(46)47)42-36-29(22-41-45(34)36)25-10-13-32(40-21-25)35-30(38)8-7-9-31(35)39/h7-10,13,20-22,26-28H,11-12,14-19,23-24H2,1-6H3,(H,46,47). The van der Waals surface area contributed by atoms with E-state index in [0.717, 1.165) is 42.0 Å². The second kappa shape index (κ2) is 15.1. The van der Waals surface area contributed by atoms with Crippen LogP contribution in [0.1, 0.15) is 37.3 Å². The summed E-state index contributed by atoms with van der Waals surface area (Å²) in [5.74, 6) is -0.529. The maximum absolute atomic E-state index is 14.6. The highest BCUT2D eigenvalue weighted by atomic mass is 28.3. The van der Waals surface area contributed by atoms with Gasteiger partial charge < -0.3 is 24.4 Å². The Kier molecular flexibility index (Phi) is 11.0. The largest absolute Gasteiger partial charge is 0.465 e. The fourth-order valence-corrected chi connectivity index (χ4v) is 8.57. The van der Waals surface area contributed by atoms with Crippen molar-refractivity contribution in [2.75, 3.05) is 31.6 Å². The molecule has 1 aromatic carbocycles. The van der Waals surface area contributed by atoms with Gasteiger partial charge in [-0.05, 0) is 56.0 Å². The number of amides is 1. The SMILES string of the molecule is C[Si](C)(C)CCOCN(COCC[Si](C)(C)C)c1cc(C2CC3CCC(C2)N3C(=O)O)nc2c(-c3ccc(-c4c(F)cccc4F)nc3)cnn12. The zero-order valence-electron chi connectivity index (χ0n) is 30.5. The van der Waals surface area contributed by atoms with Crippen LogP contribution in [0.15, 0.2) is 48.8 Å². The first-order chi connectivity index (χ1) is 24.2. The van der Waals surface area contributed by atoms with Gasteiger partial charge in [0.1, 0.15) is 30.9 Å². The Balaban J connectivity index is 1.39. The summed E-state index contributed by atoms with van der Waals surface area (Å²) in [5.41, 5.74) is 2.91. The Hall–Kier alpha value is -3.73. The van der Waals surface area contributed by atoms with Crippen molar-refractivity contribution >= 4 is 33.7 Å². The molecule has 2 unspecified atom stereocenters. The molecule has 10 nitrogen and oxygen atoms in total. The van der Waals surface area contributed by atoms with E-state index in [1.165, 1.54) is 18.2 Å². The van der Waals surface area contributed by atoms with Crippen LogP contribution in [0.5, 0.6) is 0 Å². The Labute approximate surface area is 300 Å². The second-order valence-electron chi connectivity index (χ2n) is 16.3. The van der Waals surface area contributed by atoms with Crippen LogP contribution in [0.2, 0.25) is 51.4 Å². The topological polar surface area (TPSA) is 105 Å². The Morgan fingerprint density at radius 2 is 1.53 bits per heavy atom. The molecule has 274 valence electrons. The van der Waals surface area contributed by atoms with Gasteiger partial charge in [0.05, 0.1) is 17.5 Å². The minimum atomic E-state index is -1.31. The average Bonchev–Trinajstić information content (AvgIpc) is 3.61. The molecule has 5 heterocycles. The predicted octanol–water partition coefficient (Wildman–Crippen LogP) is 8.56. The Morgan fingerprint density at radius 1 is 0.922 bits per heavy atom. The van der Waals surface area contributed by atoms with Crippen molar-refractivity contribution in [2.45, 2.75) is 95.1 Å². The van der Waals surface area contributed by atoms with Crippen molar-refractivity contribution in [3.63, 3.8) is 0 Å². The van der Waals surface area contributed by atoms with Gasteiger partial charge in [-0.15, -0.1) is 0 Å². The van der Waals surface area contributed by atoms with E-state index in [2.05, 4.69) is 55.2 Å². The third kappa shape index (κ3) is 8.67. The molecule has 0 radical (unpaired) electrons. The lowest BCUT2D eigenvalue weighted by Crippen LogP contribution is -2.45. The van der Waals surface area contributed by atoms with Crippen LogP contribution in [0.25, 0.3) is 28.0 Å². The summed E-state index contributed by atoms with van der Waals surface area (Å²) >= 11 is 0. The van der Waals surface area contributed by atoms with E-state index < -0.39 is 33.9 Å². The average molecular weight is 737 g/mol. The molecule has 2 atom stereocenters. The zero-order chi connectivity index (χ0) is 36.5. The molecule has 2 aliphatic rings. The summed E-state index contributed by atoms with van der Waals surface area (Å²) in [4.78, 5) is 25.4. The van der Waals surface area contributed by atoms with E-state index in [0.29, 0.717) is 50.7 Å². The van der Waals surface area contributed by atoms with Crippen LogP contribution in [0.3, 0.4) is 0 Å². The molecular formula is C37H50F2N6O4Si2. The van der Waals surface area contributed by atoms with Crippen LogP contribution in [0, 0.1) is 11.6 Å². The van der Waals surface area contributed by atoms with Crippen molar-refractivity contribution in [2.24, 2.45) is 0 Å². The van der Waals surface area contributed by atoms with Gasteiger partial charge in [-0.1, -0.05) is 51.4 Å². The van der Waals surface area contributed by atoms with Gasteiger partial charge in [0, 0.05) is 76.4 Å². The van der Waals surface area contributed by atoms with Gasteiger partial charge in [-0.3, -0.25) is 4.98 Å². The first-order valence-electron chi connectivity index (χ1n) is 17.9. The molecule has 6 rings (SSSR count). The number of halogens is 2. The maximum Gasteiger partial charge on any atom is 0.407 e. The van der Waals surface area contributed by atoms with E-state index in [4.69, 9.17) is 19.6 Å². The monoisotopic (exact) mass is 736 g/mol. The quantitative estimate of drug-likeness (QED) is 0.0781. The number of carboxylic acid groups (broad SMARTS) is 1. The Morgan fingerprint density at radius 3 is 2.06 bits per heavy atom.